The average molecular weight is 387 g/mol. The van der Waals surface area contributed by atoms with Crippen LogP contribution in [-0.2, 0) is 10.0 Å². The molecule has 0 saturated carbocycles. The lowest BCUT2D eigenvalue weighted by Crippen LogP contribution is -2.35. The molecule has 1 fully saturated rings. The SMILES string of the molecule is Cc1ccc(C)c(NC(=O)c2cc(S(=O)(=O)N3CCCCC3)ccc2C)c1. The van der Waals surface area contributed by atoms with Gasteiger partial charge in [-0.25, -0.2) is 8.42 Å². The standard InChI is InChI=1S/C21H26N2O3S/c1-15-7-8-17(3)20(13-15)22-21(24)19-14-18(10-9-16(19)2)27(25,26)23-11-5-4-6-12-23/h7-10,13-14H,4-6,11-12H2,1-3H3,(H,22,24). The van der Waals surface area contributed by atoms with Crippen LogP contribution in [0.2, 0.25) is 0 Å². The third-order valence-electron chi connectivity index (χ3n) is 5.05. The smallest absolute Gasteiger partial charge is 0.255 e. The fraction of sp³-hybridized carbons (Fsp3) is 0.381. The molecular weight excluding hydrogens is 360 g/mol. The molecule has 5 nitrogen and oxygen atoms in total. The first-order valence-corrected chi connectivity index (χ1v) is 10.7. The highest BCUT2D eigenvalue weighted by Gasteiger charge is 2.27. The Morgan fingerprint density at radius 2 is 1.59 bits per heavy atom. The molecule has 27 heavy (non-hydrogen) atoms. The average Bonchev–Trinajstić information content (AvgIpc) is 2.65. The van der Waals surface area contributed by atoms with Crippen molar-refractivity contribution in [2.24, 2.45) is 0 Å². The molecule has 0 bridgehead atoms. The van der Waals surface area contributed by atoms with E-state index in [1.54, 1.807) is 12.1 Å². The number of carbonyl (C=O) groups is 1. The van der Waals surface area contributed by atoms with E-state index in [-0.39, 0.29) is 10.8 Å². The number of nitrogens with zero attached hydrogens (tertiary/aromatic N) is 1. The van der Waals surface area contributed by atoms with E-state index in [4.69, 9.17) is 0 Å². The van der Waals surface area contributed by atoms with E-state index in [1.807, 2.05) is 39.0 Å². The van der Waals surface area contributed by atoms with Crippen LogP contribution < -0.4 is 5.32 Å². The van der Waals surface area contributed by atoms with Gasteiger partial charge >= 0.3 is 0 Å². The summed E-state index contributed by atoms with van der Waals surface area (Å²) in [5.74, 6) is -0.295. The van der Waals surface area contributed by atoms with E-state index in [2.05, 4.69) is 5.32 Å². The molecule has 2 aromatic rings. The van der Waals surface area contributed by atoms with Gasteiger partial charge in [0.05, 0.1) is 4.90 Å². The number of nitrogens with one attached hydrogen (secondary N) is 1. The summed E-state index contributed by atoms with van der Waals surface area (Å²) in [4.78, 5) is 13.0. The van der Waals surface area contributed by atoms with Crippen LogP contribution in [0.3, 0.4) is 0 Å². The van der Waals surface area contributed by atoms with E-state index in [0.29, 0.717) is 18.7 Å². The third kappa shape index (κ3) is 4.22. The Kier molecular flexibility index (Phi) is 5.67. The molecular formula is C21H26N2O3S. The summed E-state index contributed by atoms with van der Waals surface area (Å²) in [6.45, 7) is 6.79. The van der Waals surface area contributed by atoms with Crippen LogP contribution in [0.15, 0.2) is 41.3 Å². The quantitative estimate of drug-likeness (QED) is 0.862. The molecule has 0 aromatic heterocycles. The minimum Gasteiger partial charge on any atom is -0.322 e. The molecule has 0 unspecified atom stereocenters. The summed E-state index contributed by atoms with van der Waals surface area (Å²) in [5.41, 5.74) is 3.88. The van der Waals surface area contributed by atoms with Crippen molar-refractivity contribution < 1.29 is 13.2 Å². The van der Waals surface area contributed by atoms with Gasteiger partial charge in [0.15, 0.2) is 0 Å². The lowest BCUT2D eigenvalue weighted by Gasteiger charge is -2.26. The minimum absolute atomic E-state index is 0.182. The Balaban J connectivity index is 1.91. The molecule has 1 N–H and O–H groups in total. The minimum atomic E-state index is -3.57. The van der Waals surface area contributed by atoms with Crippen molar-refractivity contribution in [2.45, 2.75) is 44.9 Å². The summed E-state index contributed by atoms with van der Waals surface area (Å²) in [5, 5.41) is 2.92. The normalized spacial score (nSPS) is 15.5. The van der Waals surface area contributed by atoms with Crippen LogP contribution in [0.5, 0.6) is 0 Å². The molecule has 1 aliphatic rings. The van der Waals surface area contributed by atoms with Crippen LogP contribution in [0.1, 0.15) is 46.3 Å². The molecule has 1 aliphatic heterocycles. The van der Waals surface area contributed by atoms with Gasteiger partial charge in [-0.15, -0.1) is 0 Å². The van der Waals surface area contributed by atoms with Crippen molar-refractivity contribution in [3.8, 4) is 0 Å². The van der Waals surface area contributed by atoms with E-state index in [0.717, 1.165) is 41.6 Å². The summed E-state index contributed by atoms with van der Waals surface area (Å²) in [7, 11) is -3.57. The number of hydrogen-bond donors (Lipinski definition) is 1. The predicted octanol–water partition coefficient (Wildman–Crippen LogP) is 4.04. The summed E-state index contributed by atoms with van der Waals surface area (Å²) in [6, 6.07) is 10.6. The van der Waals surface area contributed by atoms with Gasteiger partial charge in [-0.3, -0.25) is 4.79 Å². The van der Waals surface area contributed by atoms with Crippen LogP contribution in [0.25, 0.3) is 0 Å². The number of rotatable bonds is 4. The maximum absolute atomic E-state index is 12.9. The highest BCUT2D eigenvalue weighted by Crippen LogP contribution is 2.24. The topological polar surface area (TPSA) is 66.5 Å². The molecule has 1 amide bonds. The van der Waals surface area contributed by atoms with Crippen LogP contribution >= 0.6 is 0 Å². The first kappa shape index (κ1) is 19.6. The number of piperidine rings is 1. The van der Waals surface area contributed by atoms with E-state index in [1.165, 1.54) is 10.4 Å². The van der Waals surface area contributed by atoms with Crippen molar-refractivity contribution in [3.05, 3.63) is 58.7 Å². The van der Waals surface area contributed by atoms with Crippen molar-refractivity contribution in [1.29, 1.82) is 0 Å². The van der Waals surface area contributed by atoms with Crippen molar-refractivity contribution >= 4 is 21.6 Å². The van der Waals surface area contributed by atoms with Crippen molar-refractivity contribution in [2.75, 3.05) is 18.4 Å². The molecule has 0 atom stereocenters. The fourth-order valence-corrected chi connectivity index (χ4v) is 4.86. The molecule has 3 rings (SSSR count). The second kappa shape index (κ2) is 7.82. The highest BCUT2D eigenvalue weighted by molar-refractivity contribution is 7.89. The zero-order valence-corrected chi connectivity index (χ0v) is 16.9. The molecule has 6 heteroatoms. The summed E-state index contributed by atoms with van der Waals surface area (Å²) < 4.78 is 27.4. The first-order valence-electron chi connectivity index (χ1n) is 9.28. The maximum atomic E-state index is 12.9. The number of anilines is 1. The van der Waals surface area contributed by atoms with Gasteiger partial charge in [0.2, 0.25) is 10.0 Å². The van der Waals surface area contributed by atoms with Crippen LogP contribution in [-0.4, -0.2) is 31.7 Å². The first-order chi connectivity index (χ1) is 12.8. The second-order valence-electron chi connectivity index (χ2n) is 7.21. The van der Waals surface area contributed by atoms with Crippen LogP contribution in [0, 0.1) is 20.8 Å². The molecule has 144 valence electrons. The number of amides is 1. The van der Waals surface area contributed by atoms with Gasteiger partial charge in [-0.05, 0) is 68.5 Å². The lowest BCUT2D eigenvalue weighted by atomic mass is 10.1. The zero-order valence-electron chi connectivity index (χ0n) is 16.1. The van der Waals surface area contributed by atoms with E-state index >= 15 is 0 Å². The number of hydrogen-bond acceptors (Lipinski definition) is 3. The van der Waals surface area contributed by atoms with Crippen molar-refractivity contribution in [3.63, 3.8) is 0 Å². The third-order valence-corrected chi connectivity index (χ3v) is 6.94. The van der Waals surface area contributed by atoms with Gasteiger partial charge in [0.1, 0.15) is 0 Å². The Labute approximate surface area is 161 Å². The number of sulfonamides is 1. The Morgan fingerprint density at radius 3 is 2.30 bits per heavy atom. The molecule has 1 heterocycles. The van der Waals surface area contributed by atoms with Gasteiger partial charge in [-0.1, -0.05) is 24.6 Å². The molecule has 0 spiro atoms. The largest absolute Gasteiger partial charge is 0.322 e. The van der Waals surface area contributed by atoms with Gasteiger partial charge in [-0.2, -0.15) is 4.31 Å². The zero-order chi connectivity index (χ0) is 19.6. The molecule has 1 saturated heterocycles. The van der Waals surface area contributed by atoms with E-state index < -0.39 is 10.0 Å². The predicted molar refractivity (Wildman–Crippen MR) is 108 cm³/mol. The number of carbonyl (C=O) groups excluding carboxylic acids is 1. The van der Waals surface area contributed by atoms with E-state index in [9.17, 15) is 13.2 Å². The number of benzene rings is 2. The highest BCUT2D eigenvalue weighted by atomic mass is 32.2. The Bertz CT molecular complexity index is 961. The Hall–Kier alpha value is -2.18. The molecule has 2 aromatic carbocycles. The lowest BCUT2D eigenvalue weighted by molar-refractivity contribution is 0.102. The summed E-state index contributed by atoms with van der Waals surface area (Å²) >= 11 is 0. The van der Waals surface area contributed by atoms with Gasteiger partial charge < -0.3 is 5.32 Å². The fourth-order valence-electron chi connectivity index (χ4n) is 3.32. The second-order valence-corrected chi connectivity index (χ2v) is 9.15. The van der Waals surface area contributed by atoms with Gasteiger partial charge in [0, 0.05) is 24.3 Å². The maximum Gasteiger partial charge on any atom is 0.255 e. The Morgan fingerprint density at radius 1 is 0.926 bits per heavy atom. The molecule has 0 radical (unpaired) electrons. The van der Waals surface area contributed by atoms with Crippen molar-refractivity contribution in [1.82, 2.24) is 4.31 Å². The summed E-state index contributed by atoms with van der Waals surface area (Å²) in [6.07, 6.45) is 2.82. The molecule has 0 aliphatic carbocycles. The monoisotopic (exact) mass is 386 g/mol. The van der Waals surface area contributed by atoms with Gasteiger partial charge in [0.25, 0.3) is 5.91 Å². The number of aryl methyl sites for hydroxylation is 3. The van der Waals surface area contributed by atoms with Crippen LogP contribution in [0.4, 0.5) is 5.69 Å².